The third-order valence-electron chi connectivity index (χ3n) is 6.08. The monoisotopic (exact) mass is 429 g/mol. The number of aryl methyl sites for hydroxylation is 1. The van der Waals surface area contributed by atoms with Gasteiger partial charge >= 0.3 is 5.97 Å². The molecule has 4 rings (SSSR count). The molecule has 5 nitrogen and oxygen atoms in total. The highest BCUT2D eigenvalue weighted by molar-refractivity contribution is 5.98. The minimum atomic E-state index is -1.02. The topological polar surface area (TPSA) is 44.8 Å². The third-order valence-corrected chi connectivity index (χ3v) is 6.08. The van der Waals surface area contributed by atoms with Crippen molar-refractivity contribution in [3.05, 3.63) is 88.5 Å². The van der Waals surface area contributed by atoms with E-state index in [-0.39, 0.29) is 5.97 Å². The molecular formula is C27H31N3O2. The number of nitrogens with zero attached hydrogens (tertiary/aromatic N) is 2. The molecule has 3 aromatic rings. The van der Waals surface area contributed by atoms with Crippen molar-refractivity contribution >= 4 is 23.0 Å². The molecule has 166 valence electrons. The van der Waals surface area contributed by atoms with Crippen LogP contribution in [0.3, 0.4) is 0 Å². The number of ether oxygens (including phenoxy) is 1. The molecule has 5 heteroatoms. The van der Waals surface area contributed by atoms with E-state index < -0.39 is 5.60 Å². The summed E-state index contributed by atoms with van der Waals surface area (Å²) in [6, 6.07) is 20.5. The van der Waals surface area contributed by atoms with Crippen LogP contribution >= 0.6 is 0 Å². The maximum atomic E-state index is 13.2. The molecule has 0 aliphatic carbocycles. The zero-order chi connectivity index (χ0) is 23.0. The van der Waals surface area contributed by atoms with E-state index in [0.29, 0.717) is 5.56 Å². The molecule has 1 atom stereocenters. The molecule has 1 heterocycles. The fourth-order valence-corrected chi connectivity index (χ4v) is 4.40. The fourth-order valence-electron chi connectivity index (χ4n) is 4.40. The Kier molecular flexibility index (Phi) is 5.59. The molecule has 1 aliphatic heterocycles. The van der Waals surface area contributed by atoms with Crippen LogP contribution in [0.15, 0.2) is 60.7 Å². The number of hydrogen-bond acceptors (Lipinski definition) is 5. The van der Waals surface area contributed by atoms with Crippen molar-refractivity contribution in [2.45, 2.75) is 19.4 Å². The number of fused-ring (bicyclic) bond motifs is 1. The maximum Gasteiger partial charge on any atom is 0.340 e. The Labute approximate surface area is 190 Å². The van der Waals surface area contributed by atoms with Gasteiger partial charge in [-0.15, -0.1) is 0 Å². The molecule has 3 aromatic carbocycles. The van der Waals surface area contributed by atoms with Gasteiger partial charge in [0.15, 0.2) is 5.60 Å². The second-order valence-corrected chi connectivity index (χ2v) is 8.72. The van der Waals surface area contributed by atoms with Gasteiger partial charge < -0.3 is 19.9 Å². The van der Waals surface area contributed by atoms with Gasteiger partial charge in [0, 0.05) is 68.5 Å². The van der Waals surface area contributed by atoms with Crippen molar-refractivity contribution in [1.82, 2.24) is 0 Å². The lowest BCUT2D eigenvalue weighted by molar-refractivity contribution is 0.0253. The van der Waals surface area contributed by atoms with E-state index in [1.807, 2.05) is 51.3 Å². The van der Waals surface area contributed by atoms with Gasteiger partial charge in [-0.1, -0.05) is 30.3 Å². The van der Waals surface area contributed by atoms with Gasteiger partial charge in [-0.25, -0.2) is 4.79 Å². The van der Waals surface area contributed by atoms with Gasteiger partial charge in [-0.05, 0) is 49.7 Å². The zero-order valence-corrected chi connectivity index (χ0v) is 19.7. The molecule has 0 aromatic heterocycles. The predicted octanol–water partition coefficient (Wildman–Crippen LogP) is 5.02. The summed E-state index contributed by atoms with van der Waals surface area (Å²) in [6.07, 6.45) is 0. The SMILES string of the molecule is CCNc1cc(C)ccc1C1(c2ccc(N(C)C)cc2)OC(=O)c2cc(N(C)C)ccc21. The lowest BCUT2D eigenvalue weighted by atomic mass is 9.78. The van der Waals surface area contributed by atoms with Gasteiger partial charge in [0.05, 0.1) is 5.56 Å². The smallest absolute Gasteiger partial charge is 0.340 e. The molecule has 0 fully saturated rings. The highest BCUT2D eigenvalue weighted by atomic mass is 16.6. The number of rotatable bonds is 6. The number of nitrogens with one attached hydrogen (secondary N) is 1. The van der Waals surface area contributed by atoms with Crippen LogP contribution in [0.25, 0.3) is 0 Å². The predicted molar refractivity (Wildman–Crippen MR) is 132 cm³/mol. The Morgan fingerprint density at radius 1 is 0.844 bits per heavy atom. The average Bonchev–Trinajstić information content (AvgIpc) is 3.07. The summed E-state index contributed by atoms with van der Waals surface area (Å²) in [5.74, 6) is -0.302. The first kappa shape index (κ1) is 21.8. The van der Waals surface area contributed by atoms with Crippen LogP contribution in [-0.4, -0.2) is 40.7 Å². The van der Waals surface area contributed by atoms with Gasteiger partial charge in [-0.3, -0.25) is 0 Å². The first-order valence-corrected chi connectivity index (χ1v) is 11.0. The fraction of sp³-hybridized carbons (Fsp3) is 0.296. The van der Waals surface area contributed by atoms with Gasteiger partial charge in [0.1, 0.15) is 0 Å². The van der Waals surface area contributed by atoms with E-state index in [0.717, 1.165) is 45.9 Å². The molecular weight excluding hydrogens is 398 g/mol. The number of carbonyl (C=O) groups is 1. The number of anilines is 3. The Bertz CT molecular complexity index is 1150. The van der Waals surface area contributed by atoms with Gasteiger partial charge in [-0.2, -0.15) is 0 Å². The summed E-state index contributed by atoms with van der Waals surface area (Å²) < 4.78 is 6.34. The zero-order valence-electron chi connectivity index (χ0n) is 19.7. The second kappa shape index (κ2) is 8.23. The quantitative estimate of drug-likeness (QED) is 0.558. The molecule has 0 bridgehead atoms. The third kappa shape index (κ3) is 3.48. The van der Waals surface area contributed by atoms with E-state index in [1.54, 1.807) is 0 Å². The number of hydrogen-bond donors (Lipinski definition) is 1. The Morgan fingerprint density at radius 2 is 1.47 bits per heavy atom. The van der Waals surface area contributed by atoms with E-state index in [2.05, 4.69) is 66.5 Å². The van der Waals surface area contributed by atoms with Crippen LogP contribution in [0.1, 0.15) is 39.5 Å². The Morgan fingerprint density at radius 3 is 2.09 bits per heavy atom. The Hall–Kier alpha value is -3.47. The standard InChI is InChI=1S/C27H31N3O2/c1-7-28-25-16-18(2)8-14-24(25)27(19-9-11-20(12-10-19)29(3)4)23-15-13-21(30(5)6)17-22(23)26(31)32-27/h8-17,28H,7H2,1-6H3. The summed E-state index contributed by atoms with van der Waals surface area (Å²) in [7, 11) is 7.97. The van der Waals surface area contributed by atoms with Crippen molar-refractivity contribution in [2.75, 3.05) is 49.9 Å². The number of carbonyl (C=O) groups excluding carboxylic acids is 1. The minimum absolute atomic E-state index is 0.302. The first-order valence-electron chi connectivity index (χ1n) is 11.0. The lowest BCUT2D eigenvalue weighted by Gasteiger charge is -2.33. The molecule has 32 heavy (non-hydrogen) atoms. The molecule has 1 unspecified atom stereocenters. The summed E-state index contributed by atoms with van der Waals surface area (Å²) in [5, 5.41) is 3.49. The number of cyclic esters (lactones) is 1. The normalized spacial score (nSPS) is 17.0. The van der Waals surface area contributed by atoms with Crippen molar-refractivity contribution in [3.63, 3.8) is 0 Å². The van der Waals surface area contributed by atoms with E-state index in [9.17, 15) is 4.79 Å². The second-order valence-electron chi connectivity index (χ2n) is 8.72. The van der Waals surface area contributed by atoms with Crippen LogP contribution in [0.2, 0.25) is 0 Å². The number of esters is 1. The van der Waals surface area contributed by atoms with Crippen LogP contribution in [-0.2, 0) is 10.3 Å². The summed E-state index contributed by atoms with van der Waals surface area (Å²) in [4.78, 5) is 17.3. The summed E-state index contributed by atoms with van der Waals surface area (Å²) in [6.45, 7) is 4.91. The van der Waals surface area contributed by atoms with Crippen LogP contribution in [0, 0.1) is 6.92 Å². The average molecular weight is 430 g/mol. The van der Waals surface area contributed by atoms with E-state index >= 15 is 0 Å². The van der Waals surface area contributed by atoms with Gasteiger partial charge in [0.2, 0.25) is 0 Å². The summed E-state index contributed by atoms with van der Waals surface area (Å²) in [5.41, 5.74) is 6.50. The van der Waals surface area contributed by atoms with Crippen molar-refractivity contribution in [2.24, 2.45) is 0 Å². The lowest BCUT2D eigenvalue weighted by Crippen LogP contribution is -2.31. The van der Waals surface area contributed by atoms with E-state index in [4.69, 9.17) is 4.74 Å². The largest absolute Gasteiger partial charge is 0.440 e. The molecule has 0 saturated heterocycles. The molecule has 1 aliphatic rings. The van der Waals surface area contributed by atoms with E-state index in [1.165, 1.54) is 0 Å². The van der Waals surface area contributed by atoms with Crippen molar-refractivity contribution in [3.8, 4) is 0 Å². The summed E-state index contributed by atoms with van der Waals surface area (Å²) >= 11 is 0. The van der Waals surface area contributed by atoms with Crippen molar-refractivity contribution in [1.29, 1.82) is 0 Å². The molecule has 0 radical (unpaired) electrons. The molecule has 0 saturated carbocycles. The van der Waals surface area contributed by atoms with Crippen LogP contribution in [0.4, 0.5) is 17.1 Å². The molecule has 1 N–H and O–H groups in total. The maximum absolute atomic E-state index is 13.2. The minimum Gasteiger partial charge on any atom is -0.440 e. The molecule has 0 spiro atoms. The highest BCUT2D eigenvalue weighted by Gasteiger charge is 2.49. The first-order chi connectivity index (χ1) is 15.3. The van der Waals surface area contributed by atoms with Gasteiger partial charge in [0.25, 0.3) is 0 Å². The van der Waals surface area contributed by atoms with Crippen LogP contribution < -0.4 is 15.1 Å². The highest BCUT2D eigenvalue weighted by Crippen LogP contribution is 2.50. The Balaban J connectivity index is 2.02. The van der Waals surface area contributed by atoms with Crippen LogP contribution in [0.5, 0.6) is 0 Å². The molecule has 0 amide bonds. The number of benzene rings is 3. The van der Waals surface area contributed by atoms with Crippen molar-refractivity contribution < 1.29 is 9.53 Å².